The molecule has 0 unspecified atom stereocenters. The van der Waals surface area contributed by atoms with Gasteiger partial charge in [-0.25, -0.2) is 19.6 Å². The number of aryl methyl sites for hydroxylation is 1. The second-order valence-corrected chi connectivity index (χ2v) is 6.40. The van der Waals surface area contributed by atoms with Crippen molar-refractivity contribution in [2.24, 2.45) is 0 Å². The summed E-state index contributed by atoms with van der Waals surface area (Å²) >= 11 is 0. The van der Waals surface area contributed by atoms with E-state index < -0.39 is 24.2 Å². The van der Waals surface area contributed by atoms with Gasteiger partial charge in [0.1, 0.15) is 29.1 Å². The molecule has 9 nitrogen and oxygen atoms in total. The van der Waals surface area contributed by atoms with E-state index in [1.165, 1.54) is 7.11 Å². The fraction of sp³-hybridized carbons (Fsp3) is 0.368. The zero-order valence-electron chi connectivity index (χ0n) is 15.4. The number of likely N-dealkylation sites (tertiary alicyclic amines) is 1. The Labute approximate surface area is 161 Å². The first-order valence-electron chi connectivity index (χ1n) is 8.78. The van der Waals surface area contributed by atoms with Crippen molar-refractivity contribution in [3.05, 3.63) is 36.5 Å². The molecule has 1 aliphatic rings. The summed E-state index contributed by atoms with van der Waals surface area (Å²) in [6, 6.07) is 4.23. The Morgan fingerprint density at radius 3 is 2.75 bits per heavy atom. The lowest BCUT2D eigenvalue weighted by molar-refractivity contribution is -0.141. The van der Waals surface area contributed by atoms with E-state index in [0.29, 0.717) is 35.3 Å². The van der Waals surface area contributed by atoms with E-state index >= 15 is 0 Å². The van der Waals surface area contributed by atoms with Crippen molar-refractivity contribution in [1.82, 2.24) is 14.9 Å². The Morgan fingerprint density at radius 2 is 2.14 bits per heavy atom. The molecular formula is C19H21N3O6. The summed E-state index contributed by atoms with van der Waals surface area (Å²) in [6.07, 6.45) is 1.05. The van der Waals surface area contributed by atoms with E-state index in [9.17, 15) is 19.8 Å². The van der Waals surface area contributed by atoms with Gasteiger partial charge in [-0.05, 0) is 25.0 Å². The number of para-hydroxylation sites is 1. The number of methoxy groups -OCH3 is 1. The Hall–Kier alpha value is -3.36. The lowest BCUT2D eigenvalue weighted by atomic mass is 10.2. The van der Waals surface area contributed by atoms with Crippen LogP contribution in [0.3, 0.4) is 0 Å². The number of nitrogens with zero attached hydrogens (tertiary/aromatic N) is 3. The highest BCUT2D eigenvalue weighted by Gasteiger charge is 2.41. The van der Waals surface area contributed by atoms with Gasteiger partial charge in [-0.2, -0.15) is 0 Å². The Morgan fingerprint density at radius 1 is 1.36 bits per heavy atom. The second kappa shape index (κ2) is 8.12. The third kappa shape index (κ3) is 3.83. The molecule has 1 saturated heterocycles. The van der Waals surface area contributed by atoms with Crippen molar-refractivity contribution < 1.29 is 29.3 Å². The number of hydrogen-bond donors (Lipinski definition) is 2. The van der Waals surface area contributed by atoms with Gasteiger partial charge in [0.2, 0.25) is 5.88 Å². The first-order chi connectivity index (χ1) is 13.4. The van der Waals surface area contributed by atoms with Crippen LogP contribution in [-0.4, -0.2) is 62.9 Å². The van der Waals surface area contributed by atoms with Crippen LogP contribution in [0.4, 0.5) is 4.79 Å². The number of hydrogen-bond acceptors (Lipinski definition) is 6. The summed E-state index contributed by atoms with van der Waals surface area (Å²) in [7, 11) is 1.53. The highest BCUT2D eigenvalue weighted by atomic mass is 16.5. The maximum atomic E-state index is 11.4. The van der Waals surface area contributed by atoms with Gasteiger partial charge in [0, 0.05) is 6.42 Å². The summed E-state index contributed by atoms with van der Waals surface area (Å²) in [5.74, 6) is -0.418. The summed E-state index contributed by atoms with van der Waals surface area (Å²) in [5, 5.41) is 18.5. The van der Waals surface area contributed by atoms with Crippen LogP contribution in [0.25, 0.3) is 11.0 Å². The fourth-order valence-electron chi connectivity index (χ4n) is 3.22. The van der Waals surface area contributed by atoms with Crippen LogP contribution in [0.2, 0.25) is 0 Å². The predicted molar refractivity (Wildman–Crippen MR) is 99.8 cm³/mol. The van der Waals surface area contributed by atoms with Gasteiger partial charge in [-0.3, -0.25) is 4.90 Å². The van der Waals surface area contributed by atoms with Gasteiger partial charge in [0.15, 0.2) is 0 Å². The molecular weight excluding hydrogens is 366 g/mol. The van der Waals surface area contributed by atoms with Gasteiger partial charge in [-0.15, -0.1) is 6.58 Å². The molecule has 28 heavy (non-hydrogen) atoms. The van der Waals surface area contributed by atoms with Gasteiger partial charge in [0.05, 0.1) is 19.2 Å². The molecule has 1 aromatic carbocycles. The van der Waals surface area contributed by atoms with Crippen molar-refractivity contribution in [2.45, 2.75) is 31.4 Å². The second-order valence-electron chi connectivity index (χ2n) is 6.40. The number of carboxylic acids is 1. The van der Waals surface area contributed by atoms with Gasteiger partial charge >= 0.3 is 12.1 Å². The number of amides is 1. The Bertz CT molecular complexity index is 894. The number of allylic oxidation sites excluding steroid dienone is 1. The lowest BCUT2D eigenvalue weighted by Gasteiger charge is -2.17. The van der Waals surface area contributed by atoms with E-state index in [2.05, 4.69) is 16.5 Å². The molecule has 1 aliphatic heterocycles. The highest BCUT2D eigenvalue weighted by molar-refractivity contribution is 5.82. The van der Waals surface area contributed by atoms with E-state index in [4.69, 9.17) is 9.47 Å². The average molecular weight is 387 g/mol. The fourth-order valence-corrected chi connectivity index (χ4v) is 3.22. The largest absolute Gasteiger partial charge is 0.494 e. The molecule has 0 saturated carbocycles. The van der Waals surface area contributed by atoms with Gasteiger partial charge in [-0.1, -0.05) is 12.1 Å². The lowest BCUT2D eigenvalue weighted by Crippen LogP contribution is -2.39. The number of aromatic nitrogens is 2. The minimum absolute atomic E-state index is 0.0359. The molecule has 0 bridgehead atoms. The van der Waals surface area contributed by atoms with Crippen LogP contribution in [0.1, 0.15) is 18.5 Å². The average Bonchev–Trinajstić information content (AvgIpc) is 3.10. The molecule has 2 heterocycles. The van der Waals surface area contributed by atoms with E-state index in [1.54, 1.807) is 12.1 Å². The molecule has 0 radical (unpaired) electrons. The standard InChI is InChI=1S/C19H21N3O6/c1-3-4-6-13-17(21-16-12(20-13)7-5-8-15(16)27-2)28-11-9-14(18(23)24)22(10-11)19(25)26/h3,5,7-8,11,14H,1,4,6,9-10H2,2H3,(H,23,24)(H,25,26)/t11-,14+/m1/s1. The van der Waals surface area contributed by atoms with Crippen molar-refractivity contribution in [3.63, 3.8) is 0 Å². The van der Waals surface area contributed by atoms with Crippen LogP contribution in [0, 0.1) is 0 Å². The van der Waals surface area contributed by atoms with Crippen LogP contribution in [0.15, 0.2) is 30.9 Å². The smallest absolute Gasteiger partial charge is 0.408 e. The monoisotopic (exact) mass is 387 g/mol. The number of rotatable bonds is 7. The van der Waals surface area contributed by atoms with Crippen LogP contribution >= 0.6 is 0 Å². The summed E-state index contributed by atoms with van der Waals surface area (Å²) in [4.78, 5) is 32.7. The Kier molecular flexibility index (Phi) is 5.62. The minimum Gasteiger partial charge on any atom is -0.494 e. The van der Waals surface area contributed by atoms with Crippen molar-refractivity contribution in [1.29, 1.82) is 0 Å². The molecule has 2 N–H and O–H groups in total. The van der Waals surface area contributed by atoms with Crippen LogP contribution < -0.4 is 9.47 Å². The number of aliphatic carboxylic acids is 1. The third-order valence-electron chi connectivity index (χ3n) is 4.57. The normalized spacial score (nSPS) is 18.8. The van der Waals surface area contributed by atoms with Crippen molar-refractivity contribution in [2.75, 3.05) is 13.7 Å². The van der Waals surface area contributed by atoms with Gasteiger partial charge in [0.25, 0.3) is 0 Å². The minimum atomic E-state index is -1.29. The highest BCUT2D eigenvalue weighted by Crippen LogP contribution is 2.29. The molecule has 2 atom stereocenters. The molecule has 1 fully saturated rings. The third-order valence-corrected chi connectivity index (χ3v) is 4.57. The molecule has 9 heteroatoms. The number of fused-ring (bicyclic) bond motifs is 1. The van der Waals surface area contributed by atoms with Crippen LogP contribution in [0.5, 0.6) is 11.6 Å². The molecule has 1 amide bonds. The molecule has 0 aliphatic carbocycles. The quantitative estimate of drug-likeness (QED) is 0.694. The maximum Gasteiger partial charge on any atom is 0.408 e. The number of carboxylic acid groups (broad SMARTS) is 2. The summed E-state index contributed by atoms with van der Waals surface area (Å²) in [6.45, 7) is 3.65. The molecule has 1 aromatic heterocycles. The van der Waals surface area contributed by atoms with Crippen molar-refractivity contribution in [3.8, 4) is 11.6 Å². The van der Waals surface area contributed by atoms with E-state index in [-0.39, 0.29) is 18.8 Å². The van der Waals surface area contributed by atoms with Gasteiger partial charge < -0.3 is 19.7 Å². The molecule has 2 aromatic rings. The Balaban J connectivity index is 1.95. The zero-order valence-corrected chi connectivity index (χ0v) is 15.4. The molecule has 148 valence electrons. The first-order valence-corrected chi connectivity index (χ1v) is 8.78. The topological polar surface area (TPSA) is 122 Å². The summed E-state index contributed by atoms with van der Waals surface area (Å²) < 4.78 is 11.3. The predicted octanol–water partition coefficient (Wildman–Crippen LogP) is 2.34. The number of ether oxygens (including phenoxy) is 2. The number of carbonyl (C=O) groups is 2. The maximum absolute atomic E-state index is 11.4. The summed E-state index contributed by atoms with van der Waals surface area (Å²) in [5.41, 5.74) is 1.76. The zero-order chi connectivity index (χ0) is 20.3. The molecule has 0 spiro atoms. The van der Waals surface area contributed by atoms with E-state index in [1.807, 2.05) is 12.1 Å². The van der Waals surface area contributed by atoms with Crippen molar-refractivity contribution >= 4 is 23.1 Å². The SMILES string of the molecule is C=CCCc1nc2cccc(OC)c2nc1O[C@@H]1C[C@@H](C(=O)O)N(C(=O)O)C1. The molecule has 3 rings (SSSR count). The van der Waals surface area contributed by atoms with Crippen LogP contribution in [-0.2, 0) is 11.2 Å². The van der Waals surface area contributed by atoms with E-state index in [0.717, 1.165) is 4.90 Å². The number of benzene rings is 1. The first kappa shape index (κ1) is 19.4.